The van der Waals surface area contributed by atoms with Gasteiger partial charge in [0.2, 0.25) is 0 Å². The van der Waals surface area contributed by atoms with Crippen molar-refractivity contribution >= 4 is 39.0 Å². The Morgan fingerprint density at radius 2 is 2.38 bits per heavy atom. The number of hydrogen-bond acceptors (Lipinski definition) is 3. The SMILES string of the molecule is CSCCC(N)Cc1ccc(Br)s1. The predicted molar refractivity (Wildman–Crippen MR) is 66.7 cm³/mol. The van der Waals surface area contributed by atoms with Gasteiger partial charge in [-0.3, -0.25) is 0 Å². The summed E-state index contributed by atoms with van der Waals surface area (Å²) in [6, 6.07) is 4.55. The molecule has 0 aromatic carbocycles. The Bertz CT molecular complexity index is 250. The van der Waals surface area contributed by atoms with Gasteiger partial charge in [0.05, 0.1) is 3.79 Å². The fourth-order valence-corrected chi connectivity index (χ4v) is 3.21. The molecule has 1 atom stereocenters. The number of rotatable bonds is 5. The van der Waals surface area contributed by atoms with Gasteiger partial charge >= 0.3 is 0 Å². The number of halogens is 1. The van der Waals surface area contributed by atoms with E-state index in [0.29, 0.717) is 6.04 Å². The lowest BCUT2D eigenvalue weighted by Gasteiger charge is -2.08. The third kappa shape index (κ3) is 4.49. The summed E-state index contributed by atoms with van der Waals surface area (Å²) < 4.78 is 1.19. The lowest BCUT2D eigenvalue weighted by atomic mass is 10.1. The van der Waals surface area contributed by atoms with Crippen molar-refractivity contribution in [2.45, 2.75) is 18.9 Å². The third-order valence-corrected chi connectivity index (χ3v) is 4.07. The maximum absolute atomic E-state index is 5.98. The third-order valence-electron chi connectivity index (χ3n) is 1.78. The molecule has 0 aliphatic rings. The predicted octanol–water partition coefficient (Wildman–Crippen LogP) is 3.13. The van der Waals surface area contributed by atoms with E-state index in [2.05, 4.69) is 34.3 Å². The van der Waals surface area contributed by atoms with E-state index in [4.69, 9.17) is 5.73 Å². The summed E-state index contributed by atoms with van der Waals surface area (Å²) in [7, 11) is 0. The van der Waals surface area contributed by atoms with Crippen molar-refractivity contribution < 1.29 is 0 Å². The smallest absolute Gasteiger partial charge is 0.0701 e. The molecule has 1 aromatic heterocycles. The molecule has 0 saturated carbocycles. The molecule has 0 radical (unpaired) electrons. The van der Waals surface area contributed by atoms with Crippen molar-refractivity contribution in [2.24, 2.45) is 5.73 Å². The highest BCUT2D eigenvalue weighted by Crippen LogP contribution is 2.23. The van der Waals surface area contributed by atoms with Crippen LogP contribution in [-0.2, 0) is 6.42 Å². The minimum Gasteiger partial charge on any atom is -0.327 e. The van der Waals surface area contributed by atoms with Gasteiger partial charge in [-0.25, -0.2) is 0 Å². The number of thioether (sulfide) groups is 1. The van der Waals surface area contributed by atoms with Crippen LogP contribution in [0.25, 0.3) is 0 Å². The molecule has 1 aromatic rings. The normalized spacial score (nSPS) is 13.2. The van der Waals surface area contributed by atoms with Crippen LogP contribution in [0.4, 0.5) is 0 Å². The van der Waals surface area contributed by atoms with Gasteiger partial charge in [-0.15, -0.1) is 11.3 Å². The highest BCUT2D eigenvalue weighted by Gasteiger charge is 2.05. The first-order chi connectivity index (χ1) is 6.22. The average Bonchev–Trinajstić information content (AvgIpc) is 2.48. The van der Waals surface area contributed by atoms with Crippen LogP contribution in [0.15, 0.2) is 15.9 Å². The van der Waals surface area contributed by atoms with Gasteiger partial charge in [0, 0.05) is 10.9 Å². The molecular weight excluding hydrogens is 266 g/mol. The maximum Gasteiger partial charge on any atom is 0.0701 e. The van der Waals surface area contributed by atoms with Crippen LogP contribution in [0, 0.1) is 0 Å². The lowest BCUT2D eigenvalue weighted by Crippen LogP contribution is -2.22. The van der Waals surface area contributed by atoms with Crippen LogP contribution in [-0.4, -0.2) is 18.1 Å². The molecule has 0 bridgehead atoms. The van der Waals surface area contributed by atoms with E-state index in [9.17, 15) is 0 Å². The quantitative estimate of drug-likeness (QED) is 0.896. The molecule has 1 rings (SSSR count). The topological polar surface area (TPSA) is 26.0 Å². The second-order valence-corrected chi connectivity index (χ2v) is 6.48. The molecule has 0 amide bonds. The van der Waals surface area contributed by atoms with Gasteiger partial charge in [-0.05, 0) is 52.9 Å². The van der Waals surface area contributed by atoms with Crippen LogP contribution in [0.1, 0.15) is 11.3 Å². The number of hydrogen-bond donors (Lipinski definition) is 1. The lowest BCUT2D eigenvalue weighted by molar-refractivity contribution is 0.657. The summed E-state index contributed by atoms with van der Waals surface area (Å²) >= 11 is 7.09. The Morgan fingerprint density at radius 3 is 2.92 bits per heavy atom. The zero-order valence-corrected chi connectivity index (χ0v) is 10.8. The first kappa shape index (κ1) is 11.6. The van der Waals surface area contributed by atoms with Gasteiger partial charge in [-0.2, -0.15) is 11.8 Å². The first-order valence-electron chi connectivity index (χ1n) is 4.21. The minimum atomic E-state index is 0.318. The van der Waals surface area contributed by atoms with Crippen molar-refractivity contribution in [3.05, 3.63) is 20.8 Å². The van der Waals surface area contributed by atoms with Crippen molar-refractivity contribution in [3.63, 3.8) is 0 Å². The zero-order chi connectivity index (χ0) is 9.68. The largest absolute Gasteiger partial charge is 0.327 e. The zero-order valence-electron chi connectivity index (χ0n) is 7.63. The summed E-state index contributed by atoms with van der Waals surface area (Å²) in [5, 5.41) is 0. The summed E-state index contributed by atoms with van der Waals surface area (Å²) in [5.74, 6) is 1.16. The van der Waals surface area contributed by atoms with E-state index in [-0.39, 0.29) is 0 Å². The second kappa shape index (κ2) is 6.06. The summed E-state index contributed by atoms with van der Waals surface area (Å²) in [6.07, 6.45) is 4.24. The molecular formula is C9H14BrNS2. The van der Waals surface area contributed by atoms with Crippen LogP contribution in [0.2, 0.25) is 0 Å². The highest BCUT2D eigenvalue weighted by atomic mass is 79.9. The molecule has 0 fully saturated rings. The average molecular weight is 280 g/mol. The molecule has 74 valence electrons. The number of nitrogens with two attached hydrogens (primary N) is 1. The van der Waals surface area contributed by atoms with Crippen LogP contribution < -0.4 is 5.73 Å². The van der Waals surface area contributed by atoms with Crippen LogP contribution in [0.3, 0.4) is 0 Å². The van der Waals surface area contributed by atoms with Gasteiger partial charge < -0.3 is 5.73 Å². The van der Waals surface area contributed by atoms with Crippen molar-refractivity contribution in [3.8, 4) is 0 Å². The molecule has 2 N–H and O–H groups in total. The maximum atomic E-state index is 5.98. The fraction of sp³-hybridized carbons (Fsp3) is 0.556. The first-order valence-corrected chi connectivity index (χ1v) is 7.21. The van der Waals surface area contributed by atoms with Gasteiger partial charge in [0.15, 0.2) is 0 Å². The molecule has 0 spiro atoms. The summed E-state index contributed by atoms with van der Waals surface area (Å²) in [5.41, 5.74) is 5.98. The van der Waals surface area contributed by atoms with E-state index in [1.165, 1.54) is 8.66 Å². The second-order valence-electron chi connectivity index (χ2n) is 2.95. The molecule has 1 nitrogen and oxygen atoms in total. The van der Waals surface area contributed by atoms with Crippen LogP contribution >= 0.6 is 39.0 Å². The Hall–Kier alpha value is 0.490. The molecule has 0 saturated heterocycles. The molecule has 13 heavy (non-hydrogen) atoms. The summed E-state index contributed by atoms with van der Waals surface area (Å²) in [6.45, 7) is 0. The Morgan fingerprint density at radius 1 is 1.62 bits per heavy atom. The number of thiophene rings is 1. The Labute approximate surface area is 96.2 Å². The monoisotopic (exact) mass is 279 g/mol. The van der Waals surface area contributed by atoms with E-state index in [1.54, 1.807) is 11.3 Å². The Kier molecular flexibility index (Phi) is 5.39. The van der Waals surface area contributed by atoms with Crippen molar-refractivity contribution in [2.75, 3.05) is 12.0 Å². The Balaban J connectivity index is 2.31. The van der Waals surface area contributed by atoms with E-state index >= 15 is 0 Å². The molecule has 0 aliphatic carbocycles. The summed E-state index contributed by atoms with van der Waals surface area (Å²) in [4.78, 5) is 1.38. The van der Waals surface area contributed by atoms with E-state index in [0.717, 1.165) is 18.6 Å². The van der Waals surface area contributed by atoms with E-state index in [1.807, 2.05) is 11.8 Å². The van der Waals surface area contributed by atoms with Crippen LogP contribution in [0.5, 0.6) is 0 Å². The minimum absolute atomic E-state index is 0.318. The van der Waals surface area contributed by atoms with Crippen molar-refractivity contribution in [1.82, 2.24) is 0 Å². The van der Waals surface area contributed by atoms with Gasteiger partial charge in [0.1, 0.15) is 0 Å². The molecule has 1 heterocycles. The molecule has 4 heteroatoms. The standard InChI is InChI=1S/C9H14BrNS2/c1-12-5-4-7(11)6-8-2-3-9(10)13-8/h2-3,7H,4-6,11H2,1H3. The van der Waals surface area contributed by atoms with E-state index < -0.39 is 0 Å². The highest BCUT2D eigenvalue weighted by molar-refractivity contribution is 9.11. The molecule has 0 aliphatic heterocycles. The molecule has 1 unspecified atom stereocenters. The van der Waals surface area contributed by atoms with Crippen molar-refractivity contribution in [1.29, 1.82) is 0 Å². The fourth-order valence-electron chi connectivity index (χ4n) is 1.09. The van der Waals surface area contributed by atoms with Gasteiger partial charge in [0.25, 0.3) is 0 Å². The van der Waals surface area contributed by atoms with Gasteiger partial charge in [-0.1, -0.05) is 0 Å².